The molecule has 1 saturated carbocycles. The molecule has 0 aromatic carbocycles. The van der Waals surface area contributed by atoms with E-state index in [4.69, 9.17) is 5.11 Å². The summed E-state index contributed by atoms with van der Waals surface area (Å²) in [7, 11) is 0. The average molecular weight is 193 g/mol. The molecule has 0 spiro atoms. The van der Waals surface area contributed by atoms with E-state index in [1.54, 1.807) is 0 Å². The van der Waals surface area contributed by atoms with Crippen LogP contribution >= 0.6 is 0 Å². The van der Waals surface area contributed by atoms with Gasteiger partial charge in [0.15, 0.2) is 0 Å². The zero-order valence-electron chi connectivity index (χ0n) is 7.22. The van der Waals surface area contributed by atoms with Crippen molar-refractivity contribution in [3.63, 3.8) is 0 Å². The third kappa shape index (κ3) is 3.67. The number of rotatable bonds is 3. The van der Waals surface area contributed by atoms with Crippen LogP contribution in [0.2, 0.25) is 0 Å². The van der Waals surface area contributed by atoms with Crippen LogP contribution in [0.15, 0.2) is 0 Å². The maximum Gasteiger partial charge on any atom is 0.317 e. The van der Waals surface area contributed by atoms with Gasteiger partial charge in [0.05, 0.1) is 6.54 Å². The first kappa shape index (κ1) is 10.4. The van der Waals surface area contributed by atoms with E-state index in [0.29, 0.717) is 12.8 Å². The Labute approximate surface area is 75.1 Å². The van der Waals surface area contributed by atoms with Crippen LogP contribution in [0.4, 0.5) is 8.78 Å². The van der Waals surface area contributed by atoms with E-state index in [2.05, 4.69) is 5.32 Å². The van der Waals surface area contributed by atoms with Gasteiger partial charge in [0.2, 0.25) is 5.92 Å². The first-order valence-corrected chi connectivity index (χ1v) is 4.33. The number of aliphatic carboxylic acids is 1. The Hall–Kier alpha value is -0.710. The Morgan fingerprint density at radius 2 is 2.00 bits per heavy atom. The van der Waals surface area contributed by atoms with Gasteiger partial charge < -0.3 is 10.4 Å². The molecule has 13 heavy (non-hydrogen) atoms. The lowest BCUT2D eigenvalue weighted by Gasteiger charge is -2.28. The second kappa shape index (κ2) is 4.00. The minimum Gasteiger partial charge on any atom is -0.480 e. The smallest absolute Gasteiger partial charge is 0.317 e. The zero-order chi connectivity index (χ0) is 9.90. The molecular weight excluding hydrogens is 180 g/mol. The van der Waals surface area contributed by atoms with Gasteiger partial charge in [0.25, 0.3) is 0 Å². The highest BCUT2D eigenvalue weighted by Gasteiger charge is 2.34. The topological polar surface area (TPSA) is 49.3 Å². The number of carbonyl (C=O) groups is 1. The second-order valence-electron chi connectivity index (χ2n) is 3.40. The highest BCUT2D eigenvalue weighted by Crippen LogP contribution is 2.32. The van der Waals surface area contributed by atoms with E-state index >= 15 is 0 Å². The van der Waals surface area contributed by atoms with Crippen molar-refractivity contribution in [1.29, 1.82) is 0 Å². The molecule has 3 nitrogen and oxygen atoms in total. The highest BCUT2D eigenvalue weighted by molar-refractivity contribution is 5.69. The van der Waals surface area contributed by atoms with Crippen LogP contribution in [-0.2, 0) is 4.79 Å². The Balaban J connectivity index is 2.21. The molecule has 0 amide bonds. The fourth-order valence-electron chi connectivity index (χ4n) is 1.48. The summed E-state index contributed by atoms with van der Waals surface area (Å²) in [6, 6.07) is -0.0595. The maximum atomic E-state index is 12.6. The lowest BCUT2D eigenvalue weighted by molar-refractivity contribution is -0.136. The largest absolute Gasteiger partial charge is 0.480 e. The fraction of sp³-hybridized carbons (Fsp3) is 0.875. The first-order chi connectivity index (χ1) is 5.99. The van der Waals surface area contributed by atoms with Crippen molar-refractivity contribution in [2.45, 2.75) is 37.6 Å². The second-order valence-corrected chi connectivity index (χ2v) is 3.40. The van der Waals surface area contributed by atoms with Gasteiger partial charge in [-0.1, -0.05) is 0 Å². The van der Waals surface area contributed by atoms with Gasteiger partial charge in [-0.3, -0.25) is 4.79 Å². The summed E-state index contributed by atoms with van der Waals surface area (Å²) in [5.41, 5.74) is 0. The van der Waals surface area contributed by atoms with Gasteiger partial charge in [0, 0.05) is 18.9 Å². The Morgan fingerprint density at radius 3 is 2.46 bits per heavy atom. The van der Waals surface area contributed by atoms with E-state index in [9.17, 15) is 13.6 Å². The van der Waals surface area contributed by atoms with E-state index in [1.165, 1.54) is 0 Å². The molecule has 76 valence electrons. The maximum absolute atomic E-state index is 12.6. The molecule has 5 heteroatoms. The van der Waals surface area contributed by atoms with Gasteiger partial charge in [-0.25, -0.2) is 8.78 Å². The standard InChI is InChI=1S/C8H13F2NO2/c9-8(10)3-1-6(2-4-8)11-5-7(12)13/h6,11H,1-5H2,(H,12,13). The van der Waals surface area contributed by atoms with Gasteiger partial charge in [-0.15, -0.1) is 0 Å². The minimum atomic E-state index is -2.54. The van der Waals surface area contributed by atoms with Crippen LogP contribution in [0, 0.1) is 0 Å². The first-order valence-electron chi connectivity index (χ1n) is 4.33. The van der Waals surface area contributed by atoms with Crippen molar-refractivity contribution < 1.29 is 18.7 Å². The Kier molecular flexibility index (Phi) is 3.19. The van der Waals surface area contributed by atoms with Crippen LogP contribution in [0.3, 0.4) is 0 Å². The predicted octanol–water partition coefficient (Wildman–Crippen LogP) is 1.24. The van der Waals surface area contributed by atoms with Crippen molar-refractivity contribution in [1.82, 2.24) is 5.32 Å². The molecule has 0 radical (unpaired) electrons. The molecule has 1 rings (SSSR count). The summed E-state index contributed by atoms with van der Waals surface area (Å²) in [6.07, 6.45) is 0.454. The normalized spacial score (nSPS) is 22.9. The van der Waals surface area contributed by atoms with Gasteiger partial charge in [-0.05, 0) is 12.8 Å². The van der Waals surface area contributed by atoms with Crippen LogP contribution in [0.1, 0.15) is 25.7 Å². The number of halogens is 2. The number of alkyl halides is 2. The molecule has 1 aliphatic carbocycles. The predicted molar refractivity (Wildman–Crippen MR) is 42.8 cm³/mol. The molecule has 0 unspecified atom stereocenters. The van der Waals surface area contributed by atoms with Gasteiger partial charge >= 0.3 is 5.97 Å². The SMILES string of the molecule is O=C(O)CNC1CCC(F)(F)CC1. The molecule has 0 aromatic heterocycles. The lowest BCUT2D eigenvalue weighted by Crippen LogP contribution is -2.39. The number of hydrogen-bond donors (Lipinski definition) is 2. The van der Waals surface area contributed by atoms with Crippen LogP contribution in [0.25, 0.3) is 0 Å². The van der Waals surface area contributed by atoms with Crippen LogP contribution < -0.4 is 5.32 Å². The summed E-state index contributed by atoms with van der Waals surface area (Å²) in [4.78, 5) is 10.2. The van der Waals surface area contributed by atoms with Crippen LogP contribution in [-0.4, -0.2) is 29.6 Å². The number of hydrogen-bond acceptors (Lipinski definition) is 2. The Morgan fingerprint density at radius 1 is 1.46 bits per heavy atom. The number of carboxylic acids is 1. The molecule has 0 saturated heterocycles. The summed E-state index contributed by atoms with van der Waals surface area (Å²) in [6.45, 7) is -0.143. The van der Waals surface area contributed by atoms with Crippen molar-refractivity contribution in [3.8, 4) is 0 Å². The van der Waals surface area contributed by atoms with Crippen molar-refractivity contribution in [3.05, 3.63) is 0 Å². The molecule has 0 aliphatic heterocycles. The van der Waals surface area contributed by atoms with Crippen molar-refractivity contribution in [2.75, 3.05) is 6.54 Å². The number of carboxylic acid groups (broad SMARTS) is 1. The van der Waals surface area contributed by atoms with E-state index in [0.717, 1.165) is 0 Å². The number of nitrogens with one attached hydrogen (secondary N) is 1. The summed E-state index contributed by atoms with van der Waals surface area (Å²) in [5.74, 6) is -3.49. The highest BCUT2D eigenvalue weighted by atomic mass is 19.3. The van der Waals surface area contributed by atoms with E-state index in [-0.39, 0.29) is 25.4 Å². The summed E-state index contributed by atoms with van der Waals surface area (Å²) < 4.78 is 25.3. The minimum absolute atomic E-state index is 0.0595. The molecule has 0 heterocycles. The summed E-state index contributed by atoms with van der Waals surface area (Å²) >= 11 is 0. The van der Waals surface area contributed by atoms with Crippen molar-refractivity contribution >= 4 is 5.97 Å². The fourth-order valence-corrected chi connectivity index (χ4v) is 1.48. The zero-order valence-corrected chi connectivity index (χ0v) is 7.22. The molecule has 1 fully saturated rings. The molecular formula is C8H13F2NO2. The van der Waals surface area contributed by atoms with Gasteiger partial charge in [0.1, 0.15) is 0 Å². The van der Waals surface area contributed by atoms with Crippen molar-refractivity contribution in [2.24, 2.45) is 0 Å². The average Bonchev–Trinajstić information content (AvgIpc) is 2.02. The Bertz CT molecular complexity index is 187. The monoisotopic (exact) mass is 193 g/mol. The van der Waals surface area contributed by atoms with Crippen LogP contribution in [0.5, 0.6) is 0 Å². The molecule has 2 N–H and O–H groups in total. The molecule has 1 aliphatic rings. The van der Waals surface area contributed by atoms with E-state index in [1.807, 2.05) is 0 Å². The summed E-state index contributed by atoms with van der Waals surface area (Å²) in [5, 5.41) is 11.1. The molecule has 0 atom stereocenters. The lowest BCUT2D eigenvalue weighted by atomic mass is 9.92. The van der Waals surface area contributed by atoms with Gasteiger partial charge in [-0.2, -0.15) is 0 Å². The third-order valence-electron chi connectivity index (χ3n) is 2.26. The van der Waals surface area contributed by atoms with E-state index < -0.39 is 11.9 Å². The quantitative estimate of drug-likeness (QED) is 0.709. The molecule has 0 aromatic rings. The molecule has 0 bridgehead atoms. The third-order valence-corrected chi connectivity index (χ3v) is 2.26.